The highest BCUT2D eigenvalue weighted by Crippen LogP contribution is 2.34. The Labute approximate surface area is 132 Å². The highest BCUT2D eigenvalue weighted by Gasteiger charge is 2.23. The predicted octanol–water partition coefficient (Wildman–Crippen LogP) is 2.03. The van der Waals surface area contributed by atoms with Crippen LogP contribution in [0.3, 0.4) is 0 Å². The molecule has 2 aromatic heterocycles. The second-order valence-electron chi connectivity index (χ2n) is 4.56. The Hall–Kier alpha value is -2.22. The molecule has 8 heteroatoms. The van der Waals surface area contributed by atoms with Gasteiger partial charge in [0.2, 0.25) is 5.91 Å². The van der Waals surface area contributed by atoms with Crippen molar-refractivity contribution in [3.8, 4) is 0 Å². The van der Waals surface area contributed by atoms with Crippen LogP contribution in [0.5, 0.6) is 0 Å². The van der Waals surface area contributed by atoms with Crippen LogP contribution in [0.25, 0.3) is 0 Å². The van der Waals surface area contributed by atoms with E-state index in [1.807, 2.05) is 13.8 Å². The van der Waals surface area contributed by atoms with Gasteiger partial charge in [0.25, 0.3) is 0 Å². The van der Waals surface area contributed by atoms with Crippen LogP contribution in [0, 0.1) is 6.92 Å². The number of aromatic nitrogens is 3. The summed E-state index contributed by atoms with van der Waals surface area (Å²) in [5.74, 6) is -0.667. The molecule has 2 rings (SSSR count). The standard InChI is InChI=1S/C14H18N4O3S/c1-4-10-9(3)22-13(12(10)14(20)21-5-2)17-11(19)6-18-8-15-7-16-18/h7-8H,4-6H2,1-3H3,(H,17,19). The number of amides is 1. The Kier molecular flexibility index (Phi) is 5.26. The fourth-order valence-electron chi connectivity index (χ4n) is 2.14. The number of carbonyl (C=O) groups is 2. The molecule has 0 aliphatic rings. The maximum atomic E-state index is 12.2. The number of ether oxygens (including phenoxy) is 1. The second-order valence-corrected chi connectivity index (χ2v) is 5.78. The van der Waals surface area contributed by atoms with Crippen molar-refractivity contribution in [1.29, 1.82) is 0 Å². The van der Waals surface area contributed by atoms with E-state index in [0.29, 0.717) is 23.6 Å². The van der Waals surface area contributed by atoms with Gasteiger partial charge in [-0.15, -0.1) is 11.3 Å². The first-order chi connectivity index (χ1) is 10.6. The third kappa shape index (κ3) is 3.51. The van der Waals surface area contributed by atoms with E-state index in [1.165, 1.54) is 28.7 Å². The van der Waals surface area contributed by atoms with Crippen molar-refractivity contribution in [2.75, 3.05) is 11.9 Å². The molecule has 0 aromatic carbocycles. The first-order valence-electron chi connectivity index (χ1n) is 6.98. The normalized spacial score (nSPS) is 10.5. The van der Waals surface area contributed by atoms with Gasteiger partial charge in [0.05, 0.1) is 12.2 Å². The minimum absolute atomic E-state index is 0.0423. The van der Waals surface area contributed by atoms with Crippen molar-refractivity contribution in [1.82, 2.24) is 14.8 Å². The summed E-state index contributed by atoms with van der Waals surface area (Å²) < 4.78 is 6.52. The molecule has 7 nitrogen and oxygen atoms in total. The smallest absolute Gasteiger partial charge is 0.341 e. The number of nitrogens with zero attached hydrogens (tertiary/aromatic N) is 3. The molecule has 0 radical (unpaired) electrons. The lowest BCUT2D eigenvalue weighted by Gasteiger charge is -2.08. The highest BCUT2D eigenvalue weighted by molar-refractivity contribution is 7.16. The lowest BCUT2D eigenvalue weighted by Crippen LogP contribution is -2.20. The van der Waals surface area contributed by atoms with Gasteiger partial charge in [0.1, 0.15) is 24.2 Å². The number of thiophene rings is 1. The van der Waals surface area contributed by atoms with Gasteiger partial charge in [0, 0.05) is 4.88 Å². The number of hydrogen-bond acceptors (Lipinski definition) is 6. The van der Waals surface area contributed by atoms with Gasteiger partial charge in [-0.05, 0) is 25.8 Å². The second kappa shape index (κ2) is 7.17. The van der Waals surface area contributed by atoms with Crippen LogP contribution in [0.4, 0.5) is 5.00 Å². The molecule has 0 spiro atoms. The fraction of sp³-hybridized carbons (Fsp3) is 0.429. The summed E-state index contributed by atoms with van der Waals surface area (Å²) in [5, 5.41) is 7.18. The molecule has 1 amide bonds. The molecule has 0 aliphatic carbocycles. The fourth-order valence-corrected chi connectivity index (χ4v) is 3.29. The summed E-state index contributed by atoms with van der Waals surface area (Å²) >= 11 is 1.38. The van der Waals surface area contributed by atoms with Gasteiger partial charge < -0.3 is 10.1 Å². The maximum absolute atomic E-state index is 12.2. The average Bonchev–Trinajstić information content (AvgIpc) is 3.06. The molecule has 0 atom stereocenters. The summed E-state index contributed by atoms with van der Waals surface area (Å²) in [4.78, 5) is 29.0. The molecule has 0 saturated heterocycles. The summed E-state index contributed by atoms with van der Waals surface area (Å²) in [6, 6.07) is 0. The zero-order valence-corrected chi connectivity index (χ0v) is 13.6. The molecule has 118 valence electrons. The van der Waals surface area contributed by atoms with Gasteiger partial charge in [-0.3, -0.25) is 4.79 Å². The maximum Gasteiger partial charge on any atom is 0.341 e. The molecule has 2 heterocycles. The van der Waals surface area contributed by atoms with E-state index >= 15 is 0 Å². The minimum Gasteiger partial charge on any atom is -0.462 e. The van der Waals surface area contributed by atoms with Crippen LogP contribution in [-0.2, 0) is 22.5 Å². The van der Waals surface area contributed by atoms with E-state index in [-0.39, 0.29) is 12.5 Å². The number of esters is 1. The number of carbonyl (C=O) groups excluding carboxylic acids is 2. The predicted molar refractivity (Wildman–Crippen MR) is 83.0 cm³/mol. The lowest BCUT2D eigenvalue weighted by molar-refractivity contribution is -0.116. The number of hydrogen-bond donors (Lipinski definition) is 1. The van der Waals surface area contributed by atoms with Crippen molar-refractivity contribution in [2.45, 2.75) is 33.7 Å². The number of anilines is 1. The topological polar surface area (TPSA) is 86.1 Å². The van der Waals surface area contributed by atoms with Crippen molar-refractivity contribution < 1.29 is 14.3 Å². The monoisotopic (exact) mass is 322 g/mol. The van der Waals surface area contributed by atoms with Crippen molar-refractivity contribution in [3.05, 3.63) is 28.7 Å². The van der Waals surface area contributed by atoms with Gasteiger partial charge in [0.15, 0.2) is 0 Å². The quantitative estimate of drug-likeness (QED) is 0.822. The highest BCUT2D eigenvalue weighted by atomic mass is 32.1. The minimum atomic E-state index is -0.403. The van der Waals surface area contributed by atoms with E-state index in [9.17, 15) is 9.59 Å². The summed E-state index contributed by atoms with van der Waals surface area (Å²) in [7, 11) is 0. The zero-order valence-electron chi connectivity index (χ0n) is 12.8. The van der Waals surface area contributed by atoms with Gasteiger partial charge in [-0.2, -0.15) is 5.10 Å². The molecule has 0 aliphatic heterocycles. The van der Waals surface area contributed by atoms with Crippen LogP contribution in [-0.4, -0.2) is 33.2 Å². The number of aryl methyl sites for hydroxylation is 1. The SMILES string of the molecule is CCOC(=O)c1c(NC(=O)Cn2cncn2)sc(C)c1CC. The number of nitrogens with one attached hydrogen (secondary N) is 1. The third-order valence-electron chi connectivity index (χ3n) is 3.07. The molecule has 0 saturated carbocycles. The first kappa shape index (κ1) is 16.2. The molecule has 1 N–H and O–H groups in total. The van der Waals surface area contributed by atoms with Gasteiger partial charge in [-0.25, -0.2) is 14.5 Å². The summed E-state index contributed by atoms with van der Waals surface area (Å²) in [5.41, 5.74) is 1.37. The van der Waals surface area contributed by atoms with Crippen LogP contribution < -0.4 is 5.32 Å². The molecule has 22 heavy (non-hydrogen) atoms. The Bertz CT molecular complexity index is 664. The Balaban J connectivity index is 2.22. The van der Waals surface area contributed by atoms with E-state index in [0.717, 1.165) is 10.4 Å². The van der Waals surface area contributed by atoms with E-state index in [4.69, 9.17) is 4.74 Å². The van der Waals surface area contributed by atoms with Crippen LogP contribution >= 0.6 is 11.3 Å². The largest absolute Gasteiger partial charge is 0.462 e. The Morgan fingerprint density at radius 3 is 2.77 bits per heavy atom. The van der Waals surface area contributed by atoms with Crippen molar-refractivity contribution in [3.63, 3.8) is 0 Å². The van der Waals surface area contributed by atoms with E-state index < -0.39 is 5.97 Å². The Morgan fingerprint density at radius 1 is 1.41 bits per heavy atom. The average molecular weight is 322 g/mol. The molecular formula is C14H18N4O3S. The first-order valence-corrected chi connectivity index (χ1v) is 7.80. The molecule has 0 fully saturated rings. The van der Waals surface area contributed by atoms with E-state index in [1.54, 1.807) is 6.92 Å². The molecule has 0 bridgehead atoms. The van der Waals surface area contributed by atoms with Crippen LogP contribution in [0.1, 0.15) is 34.6 Å². The zero-order chi connectivity index (χ0) is 16.1. The number of rotatable bonds is 6. The molecule has 0 unspecified atom stereocenters. The van der Waals surface area contributed by atoms with Crippen molar-refractivity contribution >= 4 is 28.2 Å². The van der Waals surface area contributed by atoms with Gasteiger partial charge in [-0.1, -0.05) is 6.92 Å². The molecule has 2 aromatic rings. The summed E-state index contributed by atoms with van der Waals surface area (Å²) in [6.07, 6.45) is 3.53. The van der Waals surface area contributed by atoms with Crippen molar-refractivity contribution in [2.24, 2.45) is 0 Å². The van der Waals surface area contributed by atoms with Gasteiger partial charge >= 0.3 is 5.97 Å². The Morgan fingerprint density at radius 2 is 2.18 bits per heavy atom. The molecular weight excluding hydrogens is 304 g/mol. The van der Waals surface area contributed by atoms with Crippen LogP contribution in [0.15, 0.2) is 12.7 Å². The van der Waals surface area contributed by atoms with E-state index in [2.05, 4.69) is 15.4 Å². The third-order valence-corrected chi connectivity index (χ3v) is 4.13. The lowest BCUT2D eigenvalue weighted by atomic mass is 10.1. The van der Waals surface area contributed by atoms with Crippen LogP contribution in [0.2, 0.25) is 0 Å². The summed E-state index contributed by atoms with van der Waals surface area (Å²) in [6.45, 7) is 5.99.